The Kier molecular flexibility index (Phi) is 4.90. The molecule has 0 unspecified atom stereocenters. The maximum Gasteiger partial charge on any atom is 0.270 e. The number of aryl methyl sites for hydroxylation is 1. The first-order valence-corrected chi connectivity index (χ1v) is 8.38. The van der Waals surface area contributed by atoms with Gasteiger partial charge in [-0.15, -0.1) is 0 Å². The Labute approximate surface area is 150 Å². The van der Waals surface area contributed by atoms with Crippen molar-refractivity contribution < 1.29 is 9.72 Å². The number of anilines is 1. The Bertz CT molecular complexity index is 817. The summed E-state index contributed by atoms with van der Waals surface area (Å²) < 4.78 is 0. The average molecular weight is 360 g/mol. The van der Waals surface area contributed by atoms with Crippen molar-refractivity contribution in [2.24, 2.45) is 0 Å². The van der Waals surface area contributed by atoms with Gasteiger partial charge >= 0.3 is 0 Å². The molecule has 0 atom stereocenters. The van der Waals surface area contributed by atoms with Gasteiger partial charge in [0.05, 0.1) is 15.5 Å². The monoisotopic (exact) mass is 359 g/mol. The number of amides is 1. The Morgan fingerprint density at radius 1 is 1.12 bits per heavy atom. The van der Waals surface area contributed by atoms with Gasteiger partial charge in [0.2, 0.25) is 0 Å². The zero-order chi connectivity index (χ0) is 18.0. The van der Waals surface area contributed by atoms with Crippen LogP contribution in [0.2, 0.25) is 5.02 Å². The van der Waals surface area contributed by atoms with Gasteiger partial charge in [-0.25, -0.2) is 0 Å². The summed E-state index contributed by atoms with van der Waals surface area (Å²) in [5.41, 5.74) is 2.54. The van der Waals surface area contributed by atoms with Crippen LogP contribution < -0.4 is 4.90 Å². The maximum absolute atomic E-state index is 12.7. The van der Waals surface area contributed by atoms with Crippen LogP contribution in [0.5, 0.6) is 0 Å². The number of hydrogen-bond donors (Lipinski definition) is 0. The molecule has 1 aliphatic heterocycles. The summed E-state index contributed by atoms with van der Waals surface area (Å²) in [6.45, 7) is 4.69. The predicted octanol–water partition coefficient (Wildman–Crippen LogP) is 3.52. The molecule has 1 aliphatic rings. The lowest BCUT2D eigenvalue weighted by molar-refractivity contribution is -0.384. The summed E-state index contributed by atoms with van der Waals surface area (Å²) in [7, 11) is 0. The fourth-order valence-corrected chi connectivity index (χ4v) is 3.21. The van der Waals surface area contributed by atoms with Crippen LogP contribution in [0.25, 0.3) is 0 Å². The van der Waals surface area contributed by atoms with E-state index in [0.29, 0.717) is 18.7 Å². The summed E-state index contributed by atoms with van der Waals surface area (Å²) >= 11 is 6.07. The molecule has 2 aromatic carbocycles. The molecular weight excluding hydrogens is 342 g/mol. The average Bonchev–Trinajstić information content (AvgIpc) is 2.61. The minimum Gasteiger partial charge on any atom is -0.368 e. The van der Waals surface area contributed by atoms with Crippen LogP contribution in [0.4, 0.5) is 11.4 Å². The summed E-state index contributed by atoms with van der Waals surface area (Å²) in [4.78, 5) is 26.9. The van der Waals surface area contributed by atoms with E-state index in [1.807, 2.05) is 6.07 Å². The van der Waals surface area contributed by atoms with E-state index in [2.05, 4.69) is 30.0 Å². The first-order valence-electron chi connectivity index (χ1n) is 8.00. The van der Waals surface area contributed by atoms with Crippen LogP contribution in [0.3, 0.4) is 0 Å². The predicted molar refractivity (Wildman–Crippen MR) is 97.4 cm³/mol. The van der Waals surface area contributed by atoms with E-state index in [0.717, 1.165) is 18.8 Å². The van der Waals surface area contributed by atoms with E-state index in [-0.39, 0.29) is 16.6 Å². The van der Waals surface area contributed by atoms with Gasteiger partial charge in [-0.05, 0) is 30.7 Å². The molecule has 0 aromatic heterocycles. The first kappa shape index (κ1) is 17.2. The molecule has 3 rings (SSSR count). The number of halogens is 1. The van der Waals surface area contributed by atoms with Gasteiger partial charge in [-0.3, -0.25) is 14.9 Å². The fourth-order valence-electron chi connectivity index (χ4n) is 2.95. The van der Waals surface area contributed by atoms with Gasteiger partial charge in [-0.1, -0.05) is 23.7 Å². The molecule has 0 bridgehead atoms. The zero-order valence-electron chi connectivity index (χ0n) is 13.8. The second kappa shape index (κ2) is 7.11. The molecule has 1 saturated heterocycles. The normalized spacial score (nSPS) is 14.5. The molecule has 0 spiro atoms. The topological polar surface area (TPSA) is 66.7 Å². The van der Waals surface area contributed by atoms with Gasteiger partial charge in [0, 0.05) is 44.0 Å². The van der Waals surface area contributed by atoms with Crippen molar-refractivity contribution in [2.75, 3.05) is 31.1 Å². The van der Waals surface area contributed by atoms with Gasteiger partial charge in [-0.2, -0.15) is 0 Å². The minimum absolute atomic E-state index is 0.111. The Hall–Kier alpha value is -2.60. The van der Waals surface area contributed by atoms with Crippen molar-refractivity contribution in [1.29, 1.82) is 0 Å². The smallest absolute Gasteiger partial charge is 0.270 e. The number of nitro groups is 1. The van der Waals surface area contributed by atoms with Crippen LogP contribution in [0.15, 0.2) is 42.5 Å². The lowest BCUT2D eigenvalue weighted by Gasteiger charge is -2.36. The number of nitrogens with zero attached hydrogens (tertiary/aromatic N) is 3. The molecule has 25 heavy (non-hydrogen) atoms. The Morgan fingerprint density at radius 3 is 2.44 bits per heavy atom. The minimum atomic E-state index is -0.527. The summed E-state index contributed by atoms with van der Waals surface area (Å²) in [6.07, 6.45) is 0. The lowest BCUT2D eigenvalue weighted by Crippen LogP contribution is -2.48. The van der Waals surface area contributed by atoms with Crippen molar-refractivity contribution >= 4 is 28.9 Å². The summed E-state index contributed by atoms with van der Waals surface area (Å²) in [6, 6.07) is 12.2. The van der Waals surface area contributed by atoms with Crippen molar-refractivity contribution in [1.82, 2.24) is 4.90 Å². The number of hydrogen-bond acceptors (Lipinski definition) is 4. The Morgan fingerprint density at radius 2 is 1.84 bits per heavy atom. The lowest BCUT2D eigenvalue weighted by atomic mass is 10.1. The van der Waals surface area contributed by atoms with Gasteiger partial charge < -0.3 is 9.80 Å². The molecule has 0 N–H and O–H groups in total. The number of carbonyl (C=O) groups excluding carboxylic acids is 1. The third-order valence-electron chi connectivity index (χ3n) is 4.33. The number of piperazine rings is 1. The largest absolute Gasteiger partial charge is 0.368 e. The molecule has 130 valence electrons. The number of rotatable bonds is 3. The second-order valence-corrected chi connectivity index (χ2v) is 6.45. The molecule has 2 aromatic rings. The molecule has 0 aliphatic carbocycles. The van der Waals surface area contributed by atoms with Gasteiger partial charge in [0.25, 0.3) is 11.6 Å². The zero-order valence-corrected chi connectivity index (χ0v) is 14.6. The number of nitro benzene ring substituents is 1. The number of benzene rings is 2. The van der Waals surface area contributed by atoms with Crippen molar-refractivity contribution in [3.05, 3.63) is 68.7 Å². The van der Waals surface area contributed by atoms with Crippen LogP contribution in [0.1, 0.15) is 15.9 Å². The van der Waals surface area contributed by atoms with Crippen LogP contribution in [-0.4, -0.2) is 41.9 Å². The van der Waals surface area contributed by atoms with E-state index in [4.69, 9.17) is 11.6 Å². The quantitative estimate of drug-likeness (QED) is 0.621. The molecule has 7 heteroatoms. The van der Waals surface area contributed by atoms with Crippen LogP contribution in [-0.2, 0) is 0 Å². The highest BCUT2D eigenvalue weighted by atomic mass is 35.5. The maximum atomic E-state index is 12.7. The molecular formula is C18H18ClN3O3. The highest BCUT2D eigenvalue weighted by Crippen LogP contribution is 2.25. The van der Waals surface area contributed by atoms with Gasteiger partial charge in [0.15, 0.2) is 0 Å². The molecule has 1 heterocycles. The SMILES string of the molecule is Cc1cccc(N2CCN(C(=O)c3ccc([N+](=O)[O-])cc3Cl)CC2)c1. The first-order chi connectivity index (χ1) is 12.0. The van der Waals surface area contributed by atoms with E-state index < -0.39 is 4.92 Å². The van der Waals surface area contributed by atoms with E-state index >= 15 is 0 Å². The Balaban J connectivity index is 1.68. The highest BCUT2D eigenvalue weighted by molar-refractivity contribution is 6.34. The number of non-ortho nitro benzene ring substituents is 1. The third-order valence-corrected chi connectivity index (χ3v) is 4.64. The van der Waals surface area contributed by atoms with Crippen molar-refractivity contribution in [2.45, 2.75) is 6.92 Å². The van der Waals surface area contributed by atoms with Gasteiger partial charge in [0.1, 0.15) is 0 Å². The van der Waals surface area contributed by atoms with E-state index in [1.165, 1.54) is 23.8 Å². The number of carbonyl (C=O) groups is 1. The van der Waals surface area contributed by atoms with Crippen LogP contribution in [0, 0.1) is 17.0 Å². The van der Waals surface area contributed by atoms with E-state index in [1.54, 1.807) is 4.90 Å². The van der Waals surface area contributed by atoms with Crippen molar-refractivity contribution in [3.8, 4) is 0 Å². The van der Waals surface area contributed by atoms with Crippen LogP contribution >= 0.6 is 11.6 Å². The highest BCUT2D eigenvalue weighted by Gasteiger charge is 2.24. The summed E-state index contributed by atoms with van der Waals surface area (Å²) in [5.74, 6) is -0.191. The fraction of sp³-hybridized carbons (Fsp3) is 0.278. The van der Waals surface area contributed by atoms with Crippen molar-refractivity contribution in [3.63, 3.8) is 0 Å². The second-order valence-electron chi connectivity index (χ2n) is 6.04. The molecule has 1 fully saturated rings. The summed E-state index contributed by atoms with van der Waals surface area (Å²) in [5, 5.41) is 10.9. The third kappa shape index (κ3) is 3.74. The standard InChI is InChI=1S/C18H18ClN3O3/c1-13-3-2-4-14(11-13)20-7-9-21(10-8-20)18(23)16-6-5-15(22(24)25)12-17(16)19/h2-6,11-12H,7-10H2,1H3. The molecule has 6 nitrogen and oxygen atoms in total. The molecule has 1 amide bonds. The molecule has 0 saturated carbocycles. The molecule has 0 radical (unpaired) electrons. The van der Waals surface area contributed by atoms with E-state index in [9.17, 15) is 14.9 Å².